The van der Waals surface area contributed by atoms with Crippen molar-refractivity contribution in [2.75, 3.05) is 20.3 Å². The average molecular weight is 479 g/mol. The quantitative estimate of drug-likeness (QED) is 0.540. The number of ether oxygens (including phenoxy) is 4. The normalized spacial score (nSPS) is 25.5. The van der Waals surface area contributed by atoms with Crippen LogP contribution in [0.4, 0.5) is 0 Å². The standard InChI is InChI=1S/C24H34N2O8/c1-13(2)5-6-16-11-32-12-17(26-22(28)19-20(27)18(31-4)9-10-25-19)24(30)33-14(3)21(16)34-23(29)15-7-8-15/h9-10,13-17,21,27H,5-8,11-12H2,1-4H3,(H,26,28). The molecule has 4 atom stereocenters. The maximum absolute atomic E-state index is 12.9. The van der Waals surface area contributed by atoms with E-state index in [1.807, 2.05) is 0 Å². The number of pyridine rings is 1. The monoisotopic (exact) mass is 478 g/mol. The van der Waals surface area contributed by atoms with Crippen LogP contribution in [0.15, 0.2) is 12.3 Å². The number of cyclic esters (lactones) is 1. The fourth-order valence-corrected chi connectivity index (χ4v) is 3.85. The van der Waals surface area contributed by atoms with E-state index in [1.54, 1.807) is 6.92 Å². The highest BCUT2D eigenvalue weighted by atomic mass is 16.6. The number of rotatable bonds is 8. The van der Waals surface area contributed by atoms with Gasteiger partial charge in [-0.05, 0) is 32.1 Å². The Kier molecular flexibility index (Phi) is 8.71. The summed E-state index contributed by atoms with van der Waals surface area (Å²) in [7, 11) is 1.35. The van der Waals surface area contributed by atoms with Gasteiger partial charge in [-0.1, -0.05) is 20.3 Å². The second kappa shape index (κ2) is 11.5. The molecule has 10 heteroatoms. The Morgan fingerprint density at radius 3 is 2.68 bits per heavy atom. The van der Waals surface area contributed by atoms with Crippen molar-refractivity contribution in [3.8, 4) is 11.5 Å². The van der Waals surface area contributed by atoms with Crippen LogP contribution in [0, 0.1) is 17.8 Å². The number of amides is 1. The lowest BCUT2D eigenvalue weighted by Crippen LogP contribution is -2.46. The van der Waals surface area contributed by atoms with Crippen LogP contribution in [0.25, 0.3) is 0 Å². The molecule has 3 rings (SSSR count). The van der Waals surface area contributed by atoms with Gasteiger partial charge in [0.15, 0.2) is 23.2 Å². The summed E-state index contributed by atoms with van der Waals surface area (Å²) in [5.41, 5.74) is -0.286. The zero-order valence-electron chi connectivity index (χ0n) is 20.1. The van der Waals surface area contributed by atoms with Crippen LogP contribution in [0.3, 0.4) is 0 Å². The van der Waals surface area contributed by atoms with Gasteiger partial charge in [0, 0.05) is 18.2 Å². The van der Waals surface area contributed by atoms with Crippen molar-refractivity contribution in [1.29, 1.82) is 0 Å². The molecule has 188 valence electrons. The van der Waals surface area contributed by atoms with Gasteiger partial charge in [-0.3, -0.25) is 9.59 Å². The third-order valence-electron chi connectivity index (χ3n) is 6.04. The summed E-state index contributed by atoms with van der Waals surface area (Å²) in [5, 5.41) is 12.7. The topological polar surface area (TPSA) is 133 Å². The lowest BCUT2D eigenvalue weighted by atomic mass is 9.91. The van der Waals surface area contributed by atoms with E-state index < -0.39 is 35.9 Å². The van der Waals surface area contributed by atoms with Crippen molar-refractivity contribution in [2.24, 2.45) is 17.8 Å². The van der Waals surface area contributed by atoms with Gasteiger partial charge in [-0.2, -0.15) is 0 Å². The molecule has 1 amide bonds. The summed E-state index contributed by atoms with van der Waals surface area (Å²) in [6.45, 7) is 6.01. The van der Waals surface area contributed by atoms with Gasteiger partial charge >= 0.3 is 11.9 Å². The summed E-state index contributed by atoms with van der Waals surface area (Å²) in [4.78, 5) is 41.9. The van der Waals surface area contributed by atoms with Crippen molar-refractivity contribution < 1.29 is 38.4 Å². The second-order valence-corrected chi connectivity index (χ2v) is 9.32. The summed E-state index contributed by atoms with van der Waals surface area (Å²) in [6, 6.07) is 0.275. The van der Waals surface area contributed by atoms with Gasteiger partial charge in [0.2, 0.25) is 0 Å². The number of nitrogens with one attached hydrogen (secondary N) is 1. The second-order valence-electron chi connectivity index (χ2n) is 9.32. The number of methoxy groups -OCH3 is 1. The number of nitrogens with zero attached hydrogens (tertiary/aromatic N) is 1. The summed E-state index contributed by atoms with van der Waals surface area (Å²) in [6.07, 6.45) is 3.20. The van der Waals surface area contributed by atoms with Crippen LogP contribution in [0.5, 0.6) is 11.5 Å². The van der Waals surface area contributed by atoms with Gasteiger partial charge in [0.1, 0.15) is 12.2 Å². The molecular weight excluding hydrogens is 444 g/mol. The first-order valence-electron chi connectivity index (χ1n) is 11.7. The third kappa shape index (κ3) is 6.59. The summed E-state index contributed by atoms with van der Waals surface area (Å²) < 4.78 is 22.2. The van der Waals surface area contributed by atoms with E-state index in [1.165, 1.54) is 19.4 Å². The Morgan fingerprint density at radius 1 is 1.29 bits per heavy atom. The summed E-state index contributed by atoms with van der Waals surface area (Å²) >= 11 is 0. The highest BCUT2D eigenvalue weighted by Gasteiger charge is 2.40. The average Bonchev–Trinajstić information content (AvgIpc) is 3.63. The number of aromatic nitrogens is 1. The van der Waals surface area contributed by atoms with E-state index in [2.05, 4.69) is 24.1 Å². The van der Waals surface area contributed by atoms with Crippen molar-refractivity contribution in [1.82, 2.24) is 10.3 Å². The Bertz CT molecular complexity index is 886. The van der Waals surface area contributed by atoms with Crippen LogP contribution < -0.4 is 10.1 Å². The number of hydrogen-bond donors (Lipinski definition) is 2. The van der Waals surface area contributed by atoms with Crippen LogP contribution in [-0.2, 0) is 23.8 Å². The minimum Gasteiger partial charge on any atom is -0.503 e. The predicted molar refractivity (Wildman–Crippen MR) is 120 cm³/mol. The van der Waals surface area contributed by atoms with Crippen molar-refractivity contribution in [3.05, 3.63) is 18.0 Å². The first kappa shape index (κ1) is 25.7. The minimum atomic E-state index is -1.13. The minimum absolute atomic E-state index is 0.0791. The van der Waals surface area contributed by atoms with E-state index in [9.17, 15) is 19.5 Å². The van der Waals surface area contributed by atoms with Crippen LogP contribution in [0.2, 0.25) is 0 Å². The molecule has 10 nitrogen and oxygen atoms in total. The first-order valence-corrected chi connectivity index (χ1v) is 11.7. The molecule has 1 saturated heterocycles. The Balaban J connectivity index is 1.74. The predicted octanol–water partition coefficient (Wildman–Crippen LogP) is 2.23. The van der Waals surface area contributed by atoms with Gasteiger partial charge in [-0.15, -0.1) is 0 Å². The number of aromatic hydroxyl groups is 1. The van der Waals surface area contributed by atoms with Crippen LogP contribution in [-0.4, -0.2) is 66.5 Å². The molecule has 1 aromatic heterocycles. The molecule has 2 N–H and O–H groups in total. The Morgan fingerprint density at radius 2 is 2.03 bits per heavy atom. The third-order valence-corrected chi connectivity index (χ3v) is 6.04. The number of esters is 2. The molecule has 2 heterocycles. The molecule has 1 saturated carbocycles. The smallest absolute Gasteiger partial charge is 0.331 e. The van der Waals surface area contributed by atoms with Gasteiger partial charge in [-0.25, -0.2) is 9.78 Å². The molecule has 1 aromatic rings. The van der Waals surface area contributed by atoms with E-state index >= 15 is 0 Å². The largest absolute Gasteiger partial charge is 0.503 e. The van der Waals surface area contributed by atoms with Crippen LogP contribution in [0.1, 0.15) is 56.9 Å². The highest BCUT2D eigenvalue weighted by Crippen LogP contribution is 2.33. The van der Waals surface area contributed by atoms with Gasteiger partial charge in [0.25, 0.3) is 5.91 Å². The SMILES string of the molecule is COc1ccnc(C(=O)NC2COCC(CCC(C)C)C(OC(=O)C3CC3)C(C)OC2=O)c1O. The van der Waals surface area contributed by atoms with E-state index in [0.717, 1.165) is 25.7 Å². The molecule has 34 heavy (non-hydrogen) atoms. The molecule has 0 bridgehead atoms. The maximum Gasteiger partial charge on any atom is 0.331 e. The molecular formula is C24H34N2O8. The van der Waals surface area contributed by atoms with E-state index in [-0.39, 0.29) is 42.5 Å². The Hall–Kier alpha value is -2.88. The van der Waals surface area contributed by atoms with Gasteiger partial charge < -0.3 is 29.4 Å². The van der Waals surface area contributed by atoms with Crippen molar-refractivity contribution >= 4 is 17.8 Å². The summed E-state index contributed by atoms with van der Waals surface area (Å²) in [5.74, 6) is -1.93. The fraction of sp³-hybridized carbons (Fsp3) is 0.667. The molecule has 4 unspecified atom stereocenters. The van der Waals surface area contributed by atoms with Crippen LogP contribution >= 0.6 is 0 Å². The lowest BCUT2D eigenvalue weighted by molar-refractivity contribution is -0.172. The lowest BCUT2D eigenvalue weighted by Gasteiger charge is -2.30. The molecule has 2 aliphatic rings. The molecule has 0 aromatic carbocycles. The maximum atomic E-state index is 12.9. The highest BCUT2D eigenvalue weighted by molar-refractivity contribution is 5.98. The van der Waals surface area contributed by atoms with Crippen molar-refractivity contribution in [3.63, 3.8) is 0 Å². The molecule has 0 radical (unpaired) electrons. The first-order chi connectivity index (χ1) is 16.2. The molecule has 0 spiro atoms. The number of carbonyl (C=O) groups excluding carboxylic acids is 3. The number of carbonyl (C=O) groups is 3. The molecule has 1 aliphatic heterocycles. The molecule has 2 fully saturated rings. The zero-order chi connectivity index (χ0) is 24.8. The molecule has 1 aliphatic carbocycles. The Labute approximate surface area is 199 Å². The van der Waals surface area contributed by atoms with Gasteiger partial charge in [0.05, 0.1) is 26.2 Å². The van der Waals surface area contributed by atoms with Crippen molar-refractivity contribution in [2.45, 2.75) is 64.7 Å². The number of hydrogen-bond acceptors (Lipinski definition) is 9. The zero-order valence-corrected chi connectivity index (χ0v) is 20.1. The van der Waals surface area contributed by atoms with E-state index in [4.69, 9.17) is 18.9 Å². The van der Waals surface area contributed by atoms with E-state index in [0.29, 0.717) is 5.92 Å². The fourth-order valence-electron chi connectivity index (χ4n) is 3.85.